The molecule has 3 heteroatoms. The molecule has 0 amide bonds. The molecule has 0 bridgehead atoms. The summed E-state index contributed by atoms with van der Waals surface area (Å²) in [7, 11) is 0. The minimum absolute atomic E-state index is 0.461. The van der Waals surface area contributed by atoms with Gasteiger partial charge in [-0.3, -0.25) is 0 Å². The fraction of sp³-hybridized carbons (Fsp3) is 0.333. The van der Waals surface area contributed by atoms with Gasteiger partial charge in [0.05, 0.1) is 11.8 Å². The summed E-state index contributed by atoms with van der Waals surface area (Å²) < 4.78 is 7.89. The van der Waals surface area contributed by atoms with Crippen LogP contribution >= 0.6 is 0 Å². The van der Waals surface area contributed by atoms with Gasteiger partial charge in [-0.2, -0.15) is 0 Å². The lowest BCUT2D eigenvalue weighted by Crippen LogP contribution is -2.04. The normalized spacial score (nSPS) is 17.8. The molecule has 3 nitrogen and oxygen atoms in total. The molecule has 0 saturated heterocycles. The van der Waals surface area contributed by atoms with Crippen LogP contribution in [0.3, 0.4) is 0 Å². The average Bonchev–Trinajstić information content (AvgIpc) is 2.74. The molecule has 94 valence electrons. The van der Waals surface area contributed by atoms with Crippen LogP contribution in [0.15, 0.2) is 35.1 Å². The molecule has 0 saturated carbocycles. The number of rotatable bonds is 1. The van der Waals surface area contributed by atoms with E-state index in [0.717, 1.165) is 42.0 Å². The Balaban J connectivity index is 2.13. The molecule has 1 aromatic heterocycles. The van der Waals surface area contributed by atoms with Crippen molar-refractivity contribution in [3.8, 4) is 0 Å². The average molecular weight is 243 g/mol. The number of allylic oxidation sites excluding steroid dienone is 2. The van der Waals surface area contributed by atoms with Crippen molar-refractivity contribution in [2.45, 2.75) is 32.4 Å². The first-order chi connectivity index (χ1) is 8.75. The minimum Gasteiger partial charge on any atom is -0.467 e. The largest absolute Gasteiger partial charge is 0.467 e. The number of aryl methyl sites for hydroxylation is 1. The van der Waals surface area contributed by atoms with Crippen molar-refractivity contribution in [1.82, 2.24) is 4.57 Å². The first-order valence-electron chi connectivity index (χ1n) is 6.35. The van der Waals surface area contributed by atoms with E-state index in [1.54, 1.807) is 13.2 Å². The molecule has 0 radical (unpaired) electrons. The maximum absolute atomic E-state index is 9.75. The highest BCUT2D eigenvalue weighted by Crippen LogP contribution is 2.25. The number of hydrogen-bond acceptors (Lipinski definition) is 2. The fourth-order valence-electron chi connectivity index (χ4n) is 2.46. The molecule has 3 rings (SSSR count). The summed E-state index contributed by atoms with van der Waals surface area (Å²) in [5.74, 6) is 1.01. The summed E-state index contributed by atoms with van der Waals surface area (Å²) in [5, 5.41) is 9.75. The Kier molecular flexibility index (Phi) is 2.84. The van der Waals surface area contributed by atoms with Crippen LogP contribution in [0.25, 0.3) is 11.6 Å². The zero-order valence-electron chi connectivity index (χ0n) is 10.5. The third-order valence-corrected chi connectivity index (χ3v) is 3.47. The molecular weight excluding hydrogens is 226 g/mol. The van der Waals surface area contributed by atoms with E-state index >= 15 is 0 Å². The predicted molar refractivity (Wildman–Crippen MR) is 71.3 cm³/mol. The minimum atomic E-state index is -0.461. The summed E-state index contributed by atoms with van der Waals surface area (Å²) >= 11 is 0. The highest BCUT2D eigenvalue weighted by atomic mass is 16.3. The van der Waals surface area contributed by atoms with Gasteiger partial charge in [-0.15, -0.1) is 0 Å². The van der Waals surface area contributed by atoms with Gasteiger partial charge in [0.1, 0.15) is 12.0 Å². The van der Waals surface area contributed by atoms with E-state index < -0.39 is 6.10 Å². The number of hydrogen-bond donors (Lipinski definition) is 1. The number of nitrogens with zero attached hydrogens (tertiary/aromatic N) is 1. The van der Waals surface area contributed by atoms with Crippen LogP contribution in [0, 0.1) is 0 Å². The second-order valence-corrected chi connectivity index (χ2v) is 4.74. The monoisotopic (exact) mass is 243 g/mol. The van der Waals surface area contributed by atoms with E-state index in [0.29, 0.717) is 0 Å². The van der Waals surface area contributed by atoms with Gasteiger partial charge in [0.2, 0.25) is 0 Å². The molecule has 1 atom stereocenters. The van der Waals surface area contributed by atoms with E-state index in [1.165, 1.54) is 0 Å². The maximum atomic E-state index is 9.75. The zero-order valence-corrected chi connectivity index (χ0v) is 10.5. The first kappa shape index (κ1) is 11.4. The Morgan fingerprint density at radius 3 is 3.17 bits per heavy atom. The smallest absolute Gasteiger partial charge is 0.115 e. The SMILES string of the molecule is CC(O)C1=CCn2ccc3c(occ21)CCC=C3. The Morgan fingerprint density at radius 1 is 1.44 bits per heavy atom. The summed E-state index contributed by atoms with van der Waals surface area (Å²) in [6.07, 6.45) is 11.7. The second-order valence-electron chi connectivity index (χ2n) is 4.74. The van der Waals surface area contributed by atoms with Crippen molar-refractivity contribution in [3.05, 3.63) is 47.7 Å². The van der Waals surface area contributed by atoms with E-state index in [-0.39, 0.29) is 0 Å². The molecule has 18 heavy (non-hydrogen) atoms. The molecule has 1 aromatic rings. The van der Waals surface area contributed by atoms with Crippen LogP contribution in [0.1, 0.15) is 30.4 Å². The van der Waals surface area contributed by atoms with Crippen LogP contribution in [0.2, 0.25) is 0 Å². The van der Waals surface area contributed by atoms with Crippen LogP contribution in [0.4, 0.5) is 0 Å². The van der Waals surface area contributed by atoms with E-state index in [2.05, 4.69) is 29.0 Å². The molecule has 2 heterocycles. The predicted octanol–water partition coefficient (Wildman–Crippen LogP) is 2.94. The molecule has 1 unspecified atom stereocenters. The van der Waals surface area contributed by atoms with Gasteiger partial charge in [0, 0.05) is 30.3 Å². The second kappa shape index (κ2) is 4.50. The lowest BCUT2D eigenvalue weighted by molar-refractivity contribution is 0.253. The van der Waals surface area contributed by atoms with Crippen LogP contribution in [-0.4, -0.2) is 15.8 Å². The number of aliphatic hydroxyl groups excluding tert-OH is 1. The molecule has 1 aliphatic heterocycles. The van der Waals surface area contributed by atoms with Crippen LogP contribution < -0.4 is 0 Å². The third kappa shape index (κ3) is 1.91. The van der Waals surface area contributed by atoms with Crippen molar-refractivity contribution >= 4 is 11.6 Å². The molecule has 1 aliphatic carbocycles. The van der Waals surface area contributed by atoms with E-state index in [9.17, 15) is 5.11 Å². The number of fused-ring (bicyclic) bond motifs is 2. The third-order valence-electron chi connectivity index (χ3n) is 3.47. The number of aliphatic hydroxyl groups is 1. The Labute approximate surface area is 106 Å². The Bertz CT molecular complexity index is 571. The fourth-order valence-corrected chi connectivity index (χ4v) is 2.46. The summed E-state index contributed by atoms with van der Waals surface area (Å²) in [5.41, 5.74) is 3.04. The molecular formula is C15H17NO2. The van der Waals surface area contributed by atoms with Gasteiger partial charge in [-0.05, 0) is 19.4 Å². The maximum Gasteiger partial charge on any atom is 0.115 e. The summed E-state index contributed by atoms with van der Waals surface area (Å²) in [4.78, 5) is 0. The summed E-state index contributed by atoms with van der Waals surface area (Å²) in [6, 6.07) is 2.08. The van der Waals surface area contributed by atoms with Gasteiger partial charge in [-0.25, -0.2) is 0 Å². The van der Waals surface area contributed by atoms with Gasteiger partial charge in [-0.1, -0.05) is 18.2 Å². The number of aromatic nitrogens is 1. The van der Waals surface area contributed by atoms with Gasteiger partial charge in [0.15, 0.2) is 0 Å². The highest BCUT2D eigenvalue weighted by molar-refractivity contribution is 5.67. The van der Waals surface area contributed by atoms with Crippen LogP contribution in [0.5, 0.6) is 0 Å². The van der Waals surface area contributed by atoms with Crippen LogP contribution in [-0.2, 0) is 13.0 Å². The Hall–Kier alpha value is -1.74. The zero-order chi connectivity index (χ0) is 12.5. The standard InChI is InChI=1S/C15H17NO2/c1-11(17)13-7-9-16-8-6-12-4-2-3-5-15(12)18-10-14(13)16/h2,4,6-8,10-11,17H,3,5,9H2,1H3. The highest BCUT2D eigenvalue weighted by Gasteiger charge is 2.16. The summed E-state index contributed by atoms with van der Waals surface area (Å²) in [6.45, 7) is 2.57. The first-order valence-corrected chi connectivity index (χ1v) is 6.35. The van der Waals surface area contributed by atoms with Crippen molar-refractivity contribution in [3.63, 3.8) is 0 Å². The molecule has 0 spiro atoms. The topological polar surface area (TPSA) is 38.3 Å². The van der Waals surface area contributed by atoms with Gasteiger partial charge < -0.3 is 14.1 Å². The molecule has 1 N–H and O–H groups in total. The van der Waals surface area contributed by atoms with Gasteiger partial charge in [0.25, 0.3) is 0 Å². The van der Waals surface area contributed by atoms with Crippen molar-refractivity contribution in [1.29, 1.82) is 0 Å². The lowest BCUT2D eigenvalue weighted by atomic mass is 10.1. The van der Waals surface area contributed by atoms with Gasteiger partial charge >= 0.3 is 0 Å². The van der Waals surface area contributed by atoms with Crippen molar-refractivity contribution in [2.75, 3.05) is 0 Å². The molecule has 0 aromatic carbocycles. The molecule has 2 aliphatic rings. The Morgan fingerprint density at radius 2 is 2.33 bits per heavy atom. The lowest BCUT2D eigenvalue weighted by Gasteiger charge is -2.11. The van der Waals surface area contributed by atoms with Crippen molar-refractivity contribution < 1.29 is 9.52 Å². The molecule has 0 fully saturated rings. The van der Waals surface area contributed by atoms with Crippen molar-refractivity contribution in [2.24, 2.45) is 0 Å². The van der Waals surface area contributed by atoms with E-state index in [1.807, 2.05) is 6.08 Å². The quantitative estimate of drug-likeness (QED) is 0.823. The van der Waals surface area contributed by atoms with E-state index in [4.69, 9.17) is 4.42 Å².